The minimum Gasteiger partial charge on any atom is -0.460 e. The van der Waals surface area contributed by atoms with Crippen LogP contribution in [0.4, 0.5) is 0 Å². The minimum absolute atomic E-state index is 0.0533. The molecule has 2 heterocycles. The van der Waals surface area contributed by atoms with Crippen LogP contribution in [0.5, 0.6) is 0 Å². The summed E-state index contributed by atoms with van der Waals surface area (Å²) in [7, 11) is 0. The Morgan fingerprint density at radius 3 is 2.27 bits per heavy atom. The van der Waals surface area contributed by atoms with Gasteiger partial charge in [0.05, 0.1) is 17.7 Å². The molecule has 1 fully saturated rings. The molecular formula is C20H23N3O3. The standard InChI is InChI=1S/C20H23N3O3/c24-19(16-6-4-10-21-14-16)23(18-8-2-1-3-9-18)12-13-26-20(25)17-7-5-11-22-15-17/h4-7,10-11,14-15,18H,1-3,8-9,12-13H2. The number of amides is 1. The van der Waals surface area contributed by atoms with Crippen molar-refractivity contribution in [3.8, 4) is 0 Å². The first-order valence-corrected chi connectivity index (χ1v) is 9.04. The van der Waals surface area contributed by atoms with E-state index in [0.717, 1.165) is 25.7 Å². The number of rotatable bonds is 6. The van der Waals surface area contributed by atoms with E-state index < -0.39 is 5.97 Å². The van der Waals surface area contributed by atoms with E-state index in [1.807, 2.05) is 4.90 Å². The summed E-state index contributed by atoms with van der Waals surface area (Å²) in [5.74, 6) is -0.474. The maximum Gasteiger partial charge on any atom is 0.339 e. The van der Waals surface area contributed by atoms with Gasteiger partial charge in [-0.15, -0.1) is 0 Å². The molecule has 6 nitrogen and oxygen atoms in total. The van der Waals surface area contributed by atoms with Crippen LogP contribution in [0.15, 0.2) is 49.1 Å². The van der Waals surface area contributed by atoms with Crippen LogP contribution in [-0.4, -0.2) is 45.9 Å². The van der Waals surface area contributed by atoms with Crippen LogP contribution in [0.1, 0.15) is 52.8 Å². The van der Waals surface area contributed by atoms with Gasteiger partial charge in [0.25, 0.3) is 5.91 Å². The summed E-state index contributed by atoms with van der Waals surface area (Å²) in [5.41, 5.74) is 0.979. The van der Waals surface area contributed by atoms with Crippen LogP contribution in [-0.2, 0) is 4.74 Å². The lowest BCUT2D eigenvalue weighted by atomic mass is 9.93. The largest absolute Gasteiger partial charge is 0.460 e. The highest BCUT2D eigenvalue weighted by atomic mass is 16.5. The average molecular weight is 353 g/mol. The van der Waals surface area contributed by atoms with Gasteiger partial charge in [0.2, 0.25) is 0 Å². The third-order valence-corrected chi connectivity index (χ3v) is 4.65. The lowest BCUT2D eigenvalue weighted by Gasteiger charge is -2.34. The first-order valence-electron chi connectivity index (χ1n) is 9.04. The maximum atomic E-state index is 12.9. The van der Waals surface area contributed by atoms with E-state index in [0.29, 0.717) is 17.7 Å². The molecule has 0 aromatic carbocycles. The SMILES string of the molecule is O=C(OCCN(C(=O)c1cccnc1)C1CCCCC1)c1cccnc1. The lowest BCUT2D eigenvalue weighted by Crippen LogP contribution is -2.43. The van der Waals surface area contributed by atoms with E-state index in [-0.39, 0.29) is 18.6 Å². The Labute approximate surface area is 153 Å². The zero-order valence-corrected chi connectivity index (χ0v) is 14.7. The molecule has 1 aliphatic carbocycles. The summed E-state index contributed by atoms with van der Waals surface area (Å²) in [6.45, 7) is 0.542. The molecule has 3 rings (SSSR count). The van der Waals surface area contributed by atoms with E-state index in [9.17, 15) is 9.59 Å². The van der Waals surface area contributed by atoms with Gasteiger partial charge < -0.3 is 9.64 Å². The summed E-state index contributed by atoms with van der Waals surface area (Å²) in [6, 6.07) is 7.07. The average Bonchev–Trinajstić information content (AvgIpc) is 2.72. The van der Waals surface area contributed by atoms with Crippen LogP contribution in [0.2, 0.25) is 0 Å². The van der Waals surface area contributed by atoms with Gasteiger partial charge in [-0.2, -0.15) is 0 Å². The fraction of sp³-hybridized carbons (Fsp3) is 0.400. The van der Waals surface area contributed by atoms with Gasteiger partial charge in [0, 0.05) is 30.8 Å². The predicted octanol–water partition coefficient (Wildman–Crippen LogP) is 3.11. The van der Waals surface area contributed by atoms with Crippen LogP contribution >= 0.6 is 0 Å². The number of hydrogen-bond acceptors (Lipinski definition) is 5. The Hall–Kier alpha value is -2.76. The molecular weight excluding hydrogens is 330 g/mol. The number of esters is 1. The van der Waals surface area contributed by atoms with Gasteiger partial charge in [0.1, 0.15) is 6.61 Å². The third kappa shape index (κ3) is 4.65. The molecule has 26 heavy (non-hydrogen) atoms. The second kappa shape index (κ2) is 9.08. The Bertz CT molecular complexity index is 716. The second-order valence-electron chi connectivity index (χ2n) is 6.41. The van der Waals surface area contributed by atoms with Gasteiger partial charge in [-0.05, 0) is 37.1 Å². The van der Waals surface area contributed by atoms with Crippen LogP contribution in [0.25, 0.3) is 0 Å². The minimum atomic E-state index is -0.421. The quantitative estimate of drug-likeness (QED) is 0.746. The van der Waals surface area contributed by atoms with Crippen molar-refractivity contribution in [3.05, 3.63) is 60.2 Å². The molecule has 2 aromatic rings. The van der Waals surface area contributed by atoms with Gasteiger partial charge in [-0.25, -0.2) is 4.79 Å². The summed E-state index contributed by atoms with van der Waals surface area (Å²) in [6.07, 6.45) is 11.7. The predicted molar refractivity (Wildman–Crippen MR) is 96.7 cm³/mol. The zero-order valence-electron chi connectivity index (χ0n) is 14.7. The molecule has 0 bridgehead atoms. The zero-order chi connectivity index (χ0) is 18.2. The van der Waals surface area contributed by atoms with E-state index in [4.69, 9.17) is 4.74 Å². The molecule has 1 saturated carbocycles. The molecule has 0 radical (unpaired) electrons. The second-order valence-corrected chi connectivity index (χ2v) is 6.41. The molecule has 0 atom stereocenters. The molecule has 0 saturated heterocycles. The number of hydrogen-bond donors (Lipinski definition) is 0. The monoisotopic (exact) mass is 353 g/mol. The van der Waals surface area contributed by atoms with Crippen molar-refractivity contribution >= 4 is 11.9 Å². The summed E-state index contributed by atoms with van der Waals surface area (Å²) < 4.78 is 5.35. The summed E-state index contributed by atoms with van der Waals surface area (Å²) in [5, 5.41) is 0. The molecule has 1 amide bonds. The first kappa shape index (κ1) is 18.0. The molecule has 136 valence electrons. The van der Waals surface area contributed by atoms with Crippen molar-refractivity contribution in [1.29, 1.82) is 0 Å². The number of carbonyl (C=O) groups is 2. The van der Waals surface area contributed by atoms with Crippen molar-refractivity contribution < 1.29 is 14.3 Å². The van der Waals surface area contributed by atoms with E-state index >= 15 is 0 Å². The Morgan fingerprint density at radius 1 is 1.00 bits per heavy atom. The number of pyridine rings is 2. The number of ether oxygens (including phenoxy) is 1. The third-order valence-electron chi connectivity index (χ3n) is 4.65. The smallest absolute Gasteiger partial charge is 0.339 e. The van der Waals surface area contributed by atoms with Gasteiger partial charge in [-0.3, -0.25) is 14.8 Å². The molecule has 0 spiro atoms. The van der Waals surface area contributed by atoms with Gasteiger partial charge in [-0.1, -0.05) is 19.3 Å². The van der Waals surface area contributed by atoms with Crippen molar-refractivity contribution in [3.63, 3.8) is 0 Å². The first-order chi connectivity index (χ1) is 12.8. The van der Waals surface area contributed by atoms with Gasteiger partial charge in [0.15, 0.2) is 0 Å². The van der Waals surface area contributed by atoms with Crippen molar-refractivity contribution in [2.24, 2.45) is 0 Å². The number of nitrogens with zero attached hydrogens (tertiary/aromatic N) is 3. The Kier molecular flexibility index (Phi) is 6.30. The lowest BCUT2D eigenvalue weighted by molar-refractivity contribution is 0.0372. The topological polar surface area (TPSA) is 72.4 Å². The van der Waals surface area contributed by atoms with Crippen molar-refractivity contribution in [2.45, 2.75) is 38.1 Å². The van der Waals surface area contributed by atoms with E-state index in [2.05, 4.69) is 9.97 Å². The van der Waals surface area contributed by atoms with E-state index in [1.165, 1.54) is 12.6 Å². The fourth-order valence-electron chi connectivity index (χ4n) is 3.30. The Balaban J connectivity index is 1.64. The fourth-order valence-corrected chi connectivity index (χ4v) is 3.30. The van der Waals surface area contributed by atoms with Crippen LogP contribution < -0.4 is 0 Å². The maximum absolute atomic E-state index is 12.9. The highest BCUT2D eigenvalue weighted by Gasteiger charge is 2.26. The Morgan fingerprint density at radius 2 is 1.65 bits per heavy atom. The molecule has 0 N–H and O–H groups in total. The number of carbonyl (C=O) groups excluding carboxylic acids is 2. The van der Waals surface area contributed by atoms with E-state index in [1.54, 1.807) is 42.9 Å². The molecule has 0 aliphatic heterocycles. The van der Waals surface area contributed by atoms with Crippen molar-refractivity contribution in [1.82, 2.24) is 14.9 Å². The highest BCUT2D eigenvalue weighted by Crippen LogP contribution is 2.24. The highest BCUT2D eigenvalue weighted by molar-refractivity contribution is 5.94. The van der Waals surface area contributed by atoms with Crippen molar-refractivity contribution in [2.75, 3.05) is 13.2 Å². The van der Waals surface area contributed by atoms with Crippen LogP contribution in [0.3, 0.4) is 0 Å². The summed E-state index contributed by atoms with van der Waals surface area (Å²) >= 11 is 0. The number of aromatic nitrogens is 2. The normalized spacial score (nSPS) is 14.6. The van der Waals surface area contributed by atoms with Crippen LogP contribution in [0, 0.1) is 0 Å². The summed E-state index contributed by atoms with van der Waals surface area (Å²) in [4.78, 5) is 34.8. The van der Waals surface area contributed by atoms with Gasteiger partial charge >= 0.3 is 5.97 Å². The molecule has 1 aliphatic rings. The molecule has 0 unspecified atom stereocenters. The molecule has 2 aromatic heterocycles. The molecule has 6 heteroatoms.